The minimum atomic E-state index is -0.245. The van der Waals surface area contributed by atoms with Crippen LogP contribution >= 0.6 is 0 Å². The molecule has 21 heavy (non-hydrogen) atoms. The number of aromatic nitrogens is 1. The quantitative estimate of drug-likeness (QED) is 0.828. The lowest BCUT2D eigenvalue weighted by molar-refractivity contribution is -0.143. The van der Waals surface area contributed by atoms with Gasteiger partial charge in [-0.25, -0.2) is 0 Å². The first-order valence-electron chi connectivity index (χ1n) is 7.64. The molecule has 2 aliphatic rings. The summed E-state index contributed by atoms with van der Waals surface area (Å²) in [6.45, 7) is 3.82. The Morgan fingerprint density at radius 2 is 2.14 bits per heavy atom. The van der Waals surface area contributed by atoms with Crippen molar-refractivity contribution in [1.29, 1.82) is 0 Å². The van der Waals surface area contributed by atoms with Crippen molar-refractivity contribution in [3.05, 3.63) is 29.6 Å². The van der Waals surface area contributed by atoms with E-state index in [9.17, 15) is 9.59 Å². The van der Waals surface area contributed by atoms with Gasteiger partial charge in [0.25, 0.3) is 0 Å². The number of hydrogen-bond donors (Lipinski definition) is 0. The minimum absolute atomic E-state index is 0.101. The molecule has 2 fully saturated rings. The number of pyridine rings is 1. The molecule has 1 unspecified atom stereocenters. The Morgan fingerprint density at radius 1 is 1.29 bits per heavy atom. The molecule has 5 heteroatoms. The topological polar surface area (TPSA) is 53.5 Å². The van der Waals surface area contributed by atoms with Gasteiger partial charge in [0, 0.05) is 38.4 Å². The molecule has 2 saturated heterocycles. The number of carbonyl (C=O) groups excluding carboxylic acids is 2. The maximum Gasteiger partial charge on any atom is 0.245 e. The standard InChI is InChI=1S/C16H21N3O2/c1-12-5-7-17-10-13(12)11-18-9-6-15(20)19-8-3-2-4-14(19)16(18)21/h5,7,10,14H,2-4,6,8-9,11H2,1H3. The summed E-state index contributed by atoms with van der Waals surface area (Å²) < 4.78 is 0. The van der Waals surface area contributed by atoms with Crippen molar-refractivity contribution in [2.45, 2.75) is 45.2 Å². The third kappa shape index (κ3) is 2.77. The van der Waals surface area contributed by atoms with Gasteiger partial charge in [0.2, 0.25) is 11.8 Å². The van der Waals surface area contributed by atoms with E-state index in [1.54, 1.807) is 11.1 Å². The molecule has 0 aliphatic carbocycles. The minimum Gasteiger partial charge on any atom is -0.336 e. The lowest BCUT2D eigenvalue weighted by Gasteiger charge is -2.34. The van der Waals surface area contributed by atoms with Crippen molar-refractivity contribution >= 4 is 11.8 Å². The average molecular weight is 287 g/mol. The number of aryl methyl sites for hydroxylation is 1. The largest absolute Gasteiger partial charge is 0.336 e. The third-order valence-electron chi connectivity index (χ3n) is 4.52. The first kappa shape index (κ1) is 14.0. The molecule has 1 aromatic rings. The summed E-state index contributed by atoms with van der Waals surface area (Å²) in [7, 11) is 0. The van der Waals surface area contributed by atoms with E-state index >= 15 is 0 Å². The Morgan fingerprint density at radius 3 is 2.95 bits per heavy atom. The van der Waals surface area contributed by atoms with Crippen molar-refractivity contribution in [2.75, 3.05) is 13.1 Å². The molecule has 0 radical (unpaired) electrons. The summed E-state index contributed by atoms with van der Waals surface area (Å²) in [5, 5.41) is 0. The van der Waals surface area contributed by atoms with Crippen LogP contribution in [0.5, 0.6) is 0 Å². The van der Waals surface area contributed by atoms with Crippen LogP contribution in [0, 0.1) is 6.92 Å². The molecule has 1 atom stereocenters. The first-order chi connectivity index (χ1) is 10.2. The molecule has 0 bridgehead atoms. The predicted octanol–water partition coefficient (Wildman–Crippen LogP) is 1.50. The summed E-state index contributed by atoms with van der Waals surface area (Å²) in [4.78, 5) is 32.7. The number of fused-ring (bicyclic) bond motifs is 1. The van der Waals surface area contributed by atoms with Gasteiger partial charge in [0.1, 0.15) is 6.04 Å². The Balaban J connectivity index is 1.81. The monoisotopic (exact) mass is 287 g/mol. The highest BCUT2D eigenvalue weighted by molar-refractivity contribution is 5.90. The SMILES string of the molecule is Cc1ccncc1CN1CCC(=O)N2CCCCC2C1=O. The molecule has 3 heterocycles. The van der Waals surface area contributed by atoms with E-state index in [1.165, 1.54) is 0 Å². The number of amides is 2. The zero-order valence-electron chi connectivity index (χ0n) is 12.4. The van der Waals surface area contributed by atoms with E-state index in [-0.39, 0.29) is 17.9 Å². The summed E-state index contributed by atoms with van der Waals surface area (Å²) >= 11 is 0. The number of carbonyl (C=O) groups is 2. The molecule has 2 amide bonds. The molecule has 0 N–H and O–H groups in total. The molecular formula is C16H21N3O2. The van der Waals surface area contributed by atoms with Gasteiger partial charge in [0.05, 0.1) is 0 Å². The van der Waals surface area contributed by atoms with E-state index in [4.69, 9.17) is 0 Å². The molecule has 0 saturated carbocycles. The Labute approximate surface area is 124 Å². The average Bonchev–Trinajstić information content (AvgIpc) is 2.62. The van der Waals surface area contributed by atoms with Crippen LogP contribution in [-0.4, -0.2) is 45.7 Å². The lowest BCUT2D eigenvalue weighted by atomic mass is 10.0. The molecule has 2 aliphatic heterocycles. The normalized spacial score (nSPS) is 23.0. The van der Waals surface area contributed by atoms with Crippen LogP contribution in [0.1, 0.15) is 36.8 Å². The molecule has 0 aromatic carbocycles. The zero-order valence-corrected chi connectivity index (χ0v) is 12.4. The summed E-state index contributed by atoms with van der Waals surface area (Å²) in [6.07, 6.45) is 6.84. The van der Waals surface area contributed by atoms with Crippen molar-refractivity contribution in [2.24, 2.45) is 0 Å². The Kier molecular flexibility index (Phi) is 3.90. The van der Waals surface area contributed by atoms with E-state index in [2.05, 4.69) is 4.98 Å². The maximum atomic E-state index is 12.8. The molecule has 112 valence electrons. The molecule has 0 spiro atoms. The van der Waals surface area contributed by atoms with Gasteiger partial charge in [-0.2, -0.15) is 0 Å². The van der Waals surface area contributed by atoms with Gasteiger partial charge in [-0.05, 0) is 43.4 Å². The highest BCUT2D eigenvalue weighted by Gasteiger charge is 2.37. The Bertz CT molecular complexity index is 558. The van der Waals surface area contributed by atoms with Crippen LogP contribution in [0.4, 0.5) is 0 Å². The van der Waals surface area contributed by atoms with Crippen LogP contribution < -0.4 is 0 Å². The summed E-state index contributed by atoms with van der Waals surface area (Å²) in [5.41, 5.74) is 2.19. The van der Waals surface area contributed by atoms with Crippen molar-refractivity contribution in [3.8, 4) is 0 Å². The van der Waals surface area contributed by atoms with Crippen LogP contribution in [-0.2, 0) is 16.1 Å². The van der Waals surface area contributed by atoms with Crippen molar-refractivity contribution in [3.63, 3.8) is 0 Å². The summed E-state index contributed by atoms with van der Waals surface area (Å²) in [5.74, 6) is 0.224. The van der Waals surface area contributed by atoms with Crippen LogP contribution in [0.25, 0.3) is 0 Å². The van der Waals surface area contributed by atoms with Crippen LogP contribution in [0.15, 0.2) is 18.5 Å². The fraction of sp³-hybridized carbons (Fsp3) is 0.562. The van der Waals surface area contributed by atoms with Crippen molar-refractivity contribution < 1.29 is 9.59 Å². The van der Waals surface area contributed by atoms with Gasteiger partial charge >= 0.3 is 0 Å². The highest BCUT2D eigenvalue weighted by Crippen LogP contribution is 2.24. The maximum absolute atomic E-state index is 12.8. The molecule has 5 nitrogen and oxygen atoms in total. The fourth-order valence-corrected chi connectivity index (χ4v) is 3.21. The van der Waals surface area contributed by atoms with Gasteiger partial charge in [-0.3, -0.25) is 14.6 Å². The van der Waals surface area contributed by atoms with Gasteiger partial charge in [0.15, 0.2) is 0 Å². The number of nitrogens with zero attached hydrogens (tertiary/aromatic N) is 3. The third-order valence-corrected chi connectivity index (χ3v) is 4.52. The van der Waals surface area contributed by atoms with Gasteiger partial charge in [-0.1, -0.05) is 0 Å². The van der Waals surface area contributed by atoms with E-state index < -0.39 is 0 Å². The number of rotatable bonds is 2. The molecule has 3 rings (SSSR count). The molecule has 1 aromatic heterocycles. The van der Waals surface area contributed by atoms with Crippen molar-refractivity contribution in [1.82, 2.24) is 14.8 Å². The second-order valence-corrected chi connectivity index (χ2v) is 5.91. The number of hydrogen-bond acceptors (Lipinski definition) is 3. The molecular weight excluding hydrogens is 266 g/mol. The van der Waals surface area contributed by atoms with E-state index in [0.29, 0.717) is 19.5 Å². The van der Waals surface area contributed by atoms with Crippen LogP contribution in [0.2, 0.25) is 0 Å². The Hall–Kier alpha value is -1.91. The van der Waals surface area contributed by atoms with Gasteiger partial charge < -0.3 is 9.80 Å². The zero-order chi connectivity index (χ0) is 14.8. The predicted molar refractivity (Wildman–Crippen MR) is 78.4 cm³/mol. The van der Waals surface area contributed by atoms with Gasteiger partial charge in [-0.15, -0.1) is 0 Å². The van der Waals surface area contributed by atoms with E-state index in [0.717, 1.165) is 36.9 Å². The number of piperidine rings is 1. The fourth-order valence-electron chi connectivity index (χ4n) is 3.21. The highest BCUT2D eigenvalue weighted by atomic mass is 16.2. The van der Waals surface area contributed by atoms with Crippen LogP contribution in [0.3, 0.4) is 0 Å². The second-order valence-electron chi connectivity index (χ2n) is 5.91. The second kappa shape index (κ2) is 5.84. The summed E-state index contributed by atoms with van der Waals surface area (Å²) in [6, 6.07) is 1.71. The smallest absolute Gasteiger partial charge is 0.245 e. The first-order valence-corrected chi connectivity index (χ1v) is 7.64. The lowest BCUT2D eigenvalue weighted by Crippen LogP contribution is -2.49. The van der Waals surface area contributed by atoms with E-state index in [1.807, 2.05) is 24.1 Å².